The molecule has 0 unspecified atom stereocenters. The Morgan fingerprint density at radius 1 is 1.25 bits per heavy atom. The van der Waals surface area contributed by atoms with E-state index in [1.807, 2.05) is 6.07 Å². The SMILES string of the molecule is C[C@]1(c2ccc(C#N)cc2)NC(=O)NC1=O. The number of amides is 3. The first-order valence-electron chi connectivity index (χ1n) is 4.70. The molecule has 1 fully saturated rings. The highest BCUT2D eigenvalue weighted by Gasteiger charge is 2.43. The van der Waals surface area contributed by atoms with Crippen LogP contribution < -0.4 is 10.6 Å². The number of rotatable bonds is 1. The molecule has 0 saturated carbocycles. The molecule has 3 amide bonds. The lowest BCUT2D eigenvalue weighted by atomic mass is 9.92. The summed E-state index contributed by atoms with van der Waals surface area (Å²) in [5, 5.41) is 13.4. The Hall–Kier alpha value is -2.35. The molecule has 0 spiro atoms. The van der Waals surface area contributed by atoms with E-state index in [4.69, 9.17) is 5.26 Å². The Balaban J connectivity index is 2.40. The summed E-state index contributed by atoms with van der Waals surface area (Å²) in [6.07, 6.45) is 0. The summed E-state index contributed by atoms with van der Waals surface area (Å²) in [6.45, 7) is 1.62. The number of nitrogens with zero attached hydrogens (tertiary/aromatic N) is 1. The van der Waals surface area contributed by atoms with Crippen LogP contribution in [0, 0.1) is 11.3 Å². The van der Waals surface area contributed by atoms with Gasteiger partial charge in [-0.25, -0.2) is 4.79 Å². The Morgan fingerprint density at radius 3 is 2.31 bits per heavy atom. The van der Waals surface area contributed by atoms with Gasteiger partial charge in [0, 0.05) is 0 Å². The summed E-state index contributed by atoms with van der Waals surface area (Å²) in [6, 6.07) is 8.02. The lowest BCUT2D eigenvalue weighted by Gasteiger charge is -2.20. The molecule has 0 bridgehead atoms. The van der Waals surface area contributed by atoms with Crippen molar-refractivity contribution in [1.29, 1.82) is 5.26 Å². The third kappa shape index (κ3) is 1.41. The van der Waals surface area contributed by atoms with Crippen LogP contribution in [0.15, 0.2) is 24.3 Å². The number of hydrogen-bond acceptors (Lipinski definition) is 3. The summed E-state index contributed by atoms with van der Waals surface area (Å²) in [7, 11) is 0. The molecule has 5 nitrogen and oxygen atoms in total. The van der Waals surface area contributed by atoms with E-state index in [9.17, 15) is 9.59 Å². The van der Waals surface area contributed by atoms with Crippen molar-refractivity contribution in [1.82, 2.24) is 10.6 Å². The van der Waals surface area contributed by atoms with Crippen LogP contribution in [0.3, 0.4) is 0 Å². The van der Waals surface area contributed by atoms with Crippen molar-refractivity contribution in [3.8, 4) is 6.07 Å². The van der Waals surface area contributed by atoms with E-state index < -0.39 is 11.6 Å². The van der Waals surface area contributed by atoms with Gasteiger partial charge in [-0.05, 0) is 24.6 Å². The highest BCUT2D eigenvalue weighted by atomic mass is 16.2. The maximum Gasteiger partial charge on any atom is 0.322 e. The molecule has 0 aromatic heterocycles. The number of carbonyl (C=O) groups is 2. The Bertz CT molecular complexity index is 501. The zero-order valence-electron chi connectivity index (χ0n) is 8.57. The second-order valence-electron chi connectivity index (χ2n) is 3.72. The van der Waals surface area contributed by atoms with Crippen LogP contribution in [0.2, 0.25) is 0 Å². The number of benzene rings is 1. The van der Waals surface area contributed by atoms with Crippen LogP contribution in [0.1, 0.15) is 18.1 Å². The van der Waals surface area contributed by atoms with Gasteiger partial charge in [0.15, 0.2) is 0 Å². The molecule has 16 heavy (non-hydrogen) atoms. The van der Waals surface area contributed by atoms with Crippen molar-refractivity contribution in [2.75, 3.05) is 0 Å². The average molecular weight is 215 g/mol. The molecule has 80 valence electrons. The van der Waals surface area contributed by atoms with Crippen LogP contribution in [0.4, 0.5) is 4.79 Å². The second-order valence-corrected chi connectivity index (χ2v) is 3.72. The van der Waals surface area contributed by atoms with Crippen LogP contribution in [0.25, 0.3) is 0 Å². The van der Waals surface area contributed by atoms with Crippen molar-refractivity contribution < 1.29 is 9.59 Å². The third-order valence-corrected chi connectivity index (χ3v) is 2.64. The van der Waals surface area contributed by atoms with E-state index in [0.29, 0.717) is 11.1 Å². The zero-order valence-corrected chi connectivity index (χ0v) is 8.57. The van der Waals surface area contributed by atoms with Crippen molar-refractivity contribution in [3.05, 3.63) is 35.4 Å². The minimum absolute atomic E-state index is 0.387. The molecule has 1 heterocycles. The predicted octanol–water partition coefficient (Wildman–Crippen LogP) is 0.613. The number of urea groups is 1. The fourth-order valence-electron chi connectivity index (χ4n) is 1.62. The molecular weight excluding hydrogens is 206 g/mol. The number of imide groups is 1. The third-order valence-electron chi connectivity index (χ3n) is 2.64. The lowest BCUT2D eigenvalue weighted by molar-refractivity contribution is -0.123. The molecular formula is C11H9N3O2. The maximum atomic E-state index is 11.6. The van der Waals surface area contributed by atoms with Crippen LogP contribution in [0.5, 0.6) is 0 Å². The fourth-order valence-corrected chi connectivity index (χ4v) is 1.62. The molecule has 1 aromatic carbocycles. The number of carbonyl (C=O) groups excluding carboxylic acids is 2. The summed E-state index contributed by atoms with van der Waals surface area (Å²) in [4.78, 5) is 22.7. The molecule has 1 saturated heterocycles. The van der Waals surface area contributed by atoms with Gasteiger partial charge in [0.1, 0.15) is 5.54 Å². The summed E-state index contributed by atoms with van der Waals surface area (Å²) in [5.74, 6) is -0.387. The van der Waals surface area contributed by atoms with Crippen molar-refractivity contribution >= 4 is 11.9 Å². The first-order valence-corrected chi connectivity index (χ1v) is 4.70. The fraction of sp³-hybridized carbons (Fsp3) is 0.182. The largest absolute Gasteiger partial charge is 0.322 e. The second kappa shape index (κ2) is 3.35. The van der Waals surface area contributed by atoms with Crippen LogP contribution in [-0.2, 0) is 10.3 Å². The van der Waals surface area contributed by atoms with Crippen molar-refractivity contribution in [3.63, 3.8) is 0 Å². The first-order chi connectivity index (χ1) is 7.56. The smallest absolute Gasteiger partial charge is 0.320 e. The van der Waals surface area contributed by atoms with E-state index in [2.05, 4.69) is 10.6 Å². The Morgan fingerprint density at radius 2 is 1.88 bits per heavy atom. The molecule has 0 radical (unpaired) electrons. The molecule has 1 aliphatic heterocycles. The number of nitriles is 1. The van der Waals surface area contributed by atoms with Crippen LogP contribution >= 0.6 is 0 Å². The van der Waals surface area contributed by atoms with Gasteiger partial charge in [-0.15, -0.1) is 0 Å². The van der Waals surface area contributed by atoms with Crippen molar-refractivity contribution in [2.24, 2.45) is 0 Å². The average Bonchev–Trinajstić information content (AvgIpc) is 2.54. The van der Waals surface area contributed by atoms with E-state index in [0.717, 1.165) is 0 Å². The minimum atomic E-state index is -1.05. The van der Waals surface area contributed by atoms with Crippen molar-refractivity contribution in [2.45, 2.75) is 12.5 Å². The normalized spacial score (nSPS) is 23.5. The van der Waals surface area contributed by atoms with Gasteiger partial charge >= 0.3 is 6.03 Å². The van der Waals surface area contributed by atoms with E-state index in [-0.39, 0.29) is 5.91 Å². The molecule has 5 heteroatoms. The van der Waals surface area contributed by atoms with E-state index >= 15 is 0 Å². The summed E-state index contributed by atoms with van der Waals surface area (Å²) >= 11 is 0. The van der Waals surface area contributed by atoms with Gasteiger partial charge in [0.2, 0.25) is 0 Å². The molecule has 2 N–H and O–H groups in total. The minimum Gasteiger partial charge on any atom is -0.320 e. The lowest BCUT2D eigenvalue weighted by Crippen LogP contribution is -2.40. The van der Waals surface area contributed by atoms with E-state index in [1.54, 1.807) is 31.2 Å². The summed E-state index contributed by atoms with van der Waals surface area (Å²) in [5.41, 5.74) is 0.109. The van der Waals surface area contributed by atoms with Gasteiger partial charge in [-0.2, -0.15) is 5.26 Å². The molecule has 0 aliphatic carbocycles. The maximum absolute atomic E-state index is 11.6. The Labute approximate surface area is 92.1 Å². The molecule has 1 aromatic rings. The monoisotopic (exact) mass is 215 g/mol. The number of nitrogens with one attached hydrogen (secondary N) is 2. The first kappa shape index (κ1) is 10.2. The Kier molecular flexibility index (Phi) is 2.13. The summed E-state index contributed by atoms with van der Waals surface area (Å²) < 4.78 is 0. The highest BCUT2D eigenvalue weighted by molar-refractivity contribution is 6.07. The van der Waals surface area contributed by atoms with Gasteiger partial charge in [0.05, 0.1) is 11.6 Å². The van der Waals surface area contributed by atoms with Gasteiger partial charge in [0.25, 0.3) is 5.91 Å². The number of hydrogen-bond donors (Lipinski definition) is 2. The van der Waals surface area contributed by atoms with Gasteiger partial charge in [-0.3, -0.25) is 10.1 Å². The van der Waals surface area contributed by atoms with Crippen LogP contribution in [-0.4, -0.2) is 11.9 Å². The van der Waals surface area contributed by atoms with Gasteiger partial charge in [-0.1, -0.05) is 12.1 Å². The molecule has 1 atom stereocenters. The highest BCUT2D eigenvalue weighted by Crippen LogP contribution is 2.24. The zero-order chi connectivity index (χ0) is 11.8. The standard InChI is InChI=1S/C11H9N3O2/c1-11(9(15)13-10(16)14-11)8-4-2-7(6-12)3-5-8/h2-5H,1H3,(H2,13,14,15,16)/t11-/m1/s1. The molecule has 2 rings (SSSR count). The topological polar surface area (TPSA) is 82.0 Å². The molecule has 1 aliphatic rings. The quantitative estimate of drug-likeness (QED) is 0.673. The van der Waals surface area contributed by atoms with Gasteiger partial charge < -0.3 is 5.32 Å². The van der Waals surface area contributed by atoms with E-state index in [1.165, 1.54) is 0 Å². The predicted molar refractivity (Wildman–Crippen MR) is 55.2 cm³/mol.